The summed E-state index contributed by atoms with van der Waals surface area (Å²) in [5.74, 6) is 0. The quantitative estimate of drug-likeness (QED) is 0.442. The largest absolute Gasteiger partial charge is 0.420 e. The molecule has 2 aromatic rings. The molecule has 0 atom stereocenters. The smallest absolute Gasteiger partial charge is 0.407 e. The molecule has 0 unspecified atom stereocenters. The van der Waals surface area contributed by atoms with E-state index in [2.05, 4.69) is 0 Å². The molecule has 0 saturated heterocycles. The van der Waals surface area contributed by atoms with Crippen LogP contribution < -0.4 is 20.5 Å². The van der Waals surface area contributed by atoms with Gasteiger partial charge in [0.15, 0.2) is 20.1 Å². The molecule has 0 aromatic carbocycles. The molecule has 2 heterocycles. The van der Waals surface area contributed by atoms with Gasteiger partial charge in [-0.2, -0.15) is 0 Å². The van der Waals surface area contributed by atoms with E-state index in [-0.39, 0.29) is 31.5 Å². The Bertz CT molecular complexity index is 710. The molecule has 118 valence electrons. The van der Waals surface area contributed by atoms with Crippen LogP contribution in [0.4, 0.5) is 21.4 Å². The second kappa shape index (κ2) is 6.17. The number of thiophene rings is 2. The molecule has 2 rings (SSSR count). The molecule has 0 bridgehead atoms. The van der Waals surface area contributed by atoms with Crippen LogP contribution in [0.1, 0.15) is 0 Å². The summed E-state index contributed by atoms with van der Waals surface area (Å²) >= 11 is 1.45. The molecule has 0 aliphatic rings. The normalized spacial score (nSPS) is 10.6. The fourth-order valence-corrected chi connectivity index (χ4v) is 3.80. The average molecular weight is 366 g/mol. The molecule has 4 N–H and O–H groups in total. The van der Waals surface area contributed by atoms with Crippen molar-refractivity contribution in [1.29, 1.82) is 0 Å². The summed E-state index contributed by atoms with van der Waals surface area (Å²) in [4.78, 5) is 19.8. The van der Waals surface area contributed by atoms with Crippen molar-refractivity contribution in [3.05, 3.63) is 32.4 Å². The van der Waals surface area contributed by atoms with Crippen LogP contribution in [0.3, 0.4) is 0 Å². The third-order valence-electron chi connectivity index (χ3n) is 2.20. The monoisotopic (exact) mass is 366 g/mol. The summed E-state index contributed by atoms with van der Waals surface area (Å²) in [5.41, 5.74) is 10.1. The van der Waals surface area contributed by atoms with Crippen molar-refractivity contribution >= 4 is 52.3 Å². The zero-order valence-electron chi connectivity index (χ0n) is 10.4. The molecular weight excluding hydrogens is 359 g/mol. The Morgan fingerprint density at radius 1 is 0.955 bits per heavy atom. The molecule has 11 nitrogen and oxygen atoms in total. The van der Waals surface area contributed by atoms with Crippen molar-refractivity contribution < 1.29 is 23.5 Å². The van der Waals surface area contributed by atoms with Crippen LogP contribution >= 0.6 is 30.9 Å². The van der Waals surface area contributed by atoms with Crippen molar-refractivity contribution in [3.8, 4) is 10.1 Å². The van der Waals surface area contributed by atoms with Gasteiger partial charge in [-0.3, -0.25) is 20.2 Å². The van der Waals surface area contributed by atoms with Gasteiger partial charge < -0.3 is 20.5 Å². The van der Waals surface area contributed by atoms with Gasteiger partial charge in [-0.1, -0.05) is 22.7 Å². The molecular formula is C8H7N4O7PS2. The third-order valence-corrected chi connectivity index (χ3v) is 4.93. The van der Waals surface area contributed by atoms with Gasteiger partial charge in [-0.25, -0.2) is 4.57 Å². The second-order valence-corrected chi connectivity index (χ2v) is 6.60. The van der Waals surface area contributed by atoms with Crippen molar-refractivity contribution in [2.45, 2.75) is 0 Å². The van der Waals surface area contributed by atoms with Crippen LogP contribution in [0, 0.1) is 20.2 Å². The number of hydrogen-bond donors (Lipinski definition) is 2. The third kappa shape index (κ3) is 3.44. The lowest BCUT2D eigenvalue weighted by atomic mass is 10.5. The van der Waals surface area contributed by atoms with Crippen molar-refractivity contribution in [2.24, 2.45) is 0 Å². The molecule has 0 spiro atoms. The van der Waals surface area contributed by atoms with Crippen LogP contribution in [0.15, 0.2) is 12.1 Å². The minimum atomic E-state index is -3.14. The number of anilines is 2. The SMILES string of the molecule is Nc1sc(O[PH](=O)Oc2cc([N+](=O)[O-])c(N)s2)cc1[N+](=O)[O-]. The van der Waals surface area contributed by atoms with E-state index in [0.717, 1.165) is 34.8 Å². The van der Waals surface area contributed by atoms with E-state index in [9.17, 15) is 24.8 Å². The van der Waals surface area contributed by atoms with E-state index in [4.69, 9.17) is 20.5 Å². The zero-order valence-corrected chi connectivity index (χ0v) is 13.0. The first kappa shape index (κ1) is 16.0. The summed E-state index contributed by atoms with van der Waals surface area (Å²) in [7, 11) is -3.14. The first-order valence-electron chi connectivity index (χ1n) is 5.25. The summed E-state index contributed by atoms with van der Waals surface area (Å²) in [6.45, 7) is 0. The highest BCUT2D eigenvalue weighted by molar-refractivity contribution is 7.36. The Balaban J connectivity index is 2.07. The molecule has 0 aliphatic carbocycles. The van der Waals surface area contributed by atoms with Gasteiger partial charge in [-0.15, -0.1) is 0 Å². The Morgan fingerprint density at radius 3 is 1.59 bits per heavy atom. The highest BCUT2D eigenvalue weighted by atomic mass is 32.1. The molecule has 22 heavy (non-hydrogen) atoms. The first-order chi connectivity index (χ1) is 10.3. The topological polar surface area (TPSA) is 174 Å². The minimum absolute atomic E-state index is 0.0629. The zero-order chi connectivity index (χ0) is 16.4. The Kier molecular flexibility index (Phi) is 4.49. The number of nitrogens with zero attached hydrogens (tertiary/aromatic N) is 2. The summed E-state index contributed by atoms with van der Waals surface area (Å²) in [5, 5.41) is 20.9. The Labute approximate surface area is 130 Å². The molecule has 0 saturated carbocycles. The van der Waals surface area contributed by atoms with Gasteiger partial charge >= 0.3 is 19.6 Å². The Hall–Kier alpha value is -2.37. The maximum Gasteiger partial charge on any atom is 0.420 e. The highest BCUT2D eigenvalue weighted by Crippen LogP contribution is 2.44. The van der Waals surface area contributed by atoms with Gasteiger partial charge in [0.1, 0.15) is 0 Å². The average Bonchev–Trinajstić information content (AvgIpc) is 2.92. The summed E-state index contributed by atoms with van der Waals surface area (Å²) < 4.78 is 21.5. The summed E-state index contributed by atoms with van der Waals surface area (Å²) in [6, 6.07) is 2.02. The minimum Gasteiger partial charge on any atom is -0.407 e. The predicted molar refractivity (Wildman–Crippen MR) is 81.0 cm³/mol. The molecule has 0 aliphatic heterocycles. The standard InChI is InChI=1S/C8H7N4O7PS2/c9-7-3(11(13)14)1-5(21-7)18-20(17)19-6-2-4(12(15)16)8(10)22-6/h1-2,20H,9-10H2. The fraction of sp³-hybridized carbons (Fsp3) is 0. The lowest BCUT2D eigenvalue weighted by Crippen LogP contribution is -1.89. The van der Waals surface area contributed by atoms with Gasteiger partial charge in [0.2, 0.25) is 0 Å². The number of nitrogen functional groups attached to an aromatic ring is 2. The molecule has 14 heteroatoms. The lowest BCUT2D eigenvalue weighted by molar-refractivity contribution is -0.383. The van der Waals surface area contributed by atoms with Crippen molar-refractivity contribution in [3.63, 3.8) is 0 Å². The van der Waals surface area contributed by atoms with Crippen LogP contribution in [0.2, 0.25) is 0 Å². The number of hydrogen-bond acceptors (Lipinski definition) is 11. The van der Waals surface area contributed by atoms with Gasteiger partial charge in [-0.05, 0) is 0 Å². The van der Waals surface area contributed by atoms with E-state index in [0.29, 0.717) is 0 Å². The van der Waals surface area contributed by atoms with E-state index >= 15 is 0 Å². The van der Waals surface area contributed by atoms with E-state index in [1.165, 1.54) is 0 Å². The first-order valence-corrected chi connectivity index (χ1v) is 8.10. The van der Waals surface area contributed by atoms with Crippen molar-refractivity contribution in [1.82, 2.24) is 0 Å². The van der Waals surface area contributed by atoms with Crippen LogP contribution in [-0.2, 0) is 4.57 Å². The van der Waals surface area contributed by atoms with Crippen LogP contribution in [-0.4, -0.2) is 9.85 Å². The molecule has 0 fully saturated rings. The molecule has 2 aromatic heterocycles. The van der Waals surface area contributed by atoms with E-state index in [1.54, 1.807) is 0 Å². The van der Waals surface area contributed by atoms with E-state index in [1.807, 2.05) is 0 Å². The maximum absolute atomic E-state index is 11.7. The number of rotatable bonds is 6. The molecule has 0 radical (unpaired) electrons. The van der Waals surface area contributed by atoms with Crippen LogP contribution in [0.25, 0.3) is 0 Å². The summed E-state index contributed by atoms with van der Waals surface area (Å²) in [6.07, 6.45) is 0. The highest BCUT2D eigenvalue weighted by Gasteiger charge is 2.21. The van der Waals surface area contributed by atoms with Crippen LogP contribution in [0.5, 0.6) is 10.1 Å². The van der Waals surface area contributed by atoms with Crippen molar-refractivity contribution in [2.75, 3.05) is 11.5 Å². The van der Waals surface area contributed by atoms with E-state index < -0.39 is 18.1 Å². The van der Waals surface area contributed by atoms with Gasteiger partial charge in [0.05, 0.1) is 22.0 Å². The predicted octanol–water partition coefficient (Wildman–Crippen LogP) is 2.64. The second-order valence-electron chi connectivity index (χ2n) is 3.60. The fourth-order valence-electron chi connectivity index (χ4n) is 1.32. The Morgan fingerprint density at radius 2 is 1.32 bits per heavy atom. The molecule has 0 amide bonds. The number of nitrogens with two attached hydrogens (primary N) is 2. The van der Waals surface area contributed by atoms with Gasteiger partial charge in [0.25, 0.3) is 0 Å². The lowest BCUT2D eigenvalue weighted by Gasteiger charge is -2.02. The maximum atomic E-state index is 11.7. The number of nitro groups is 2. The van der Waals surface area contributed by atoms with Gasteiger partial charge in [0, 0.05) is 0 Å².